The molecule has 0 bridgehead atoms. The standard InChI is InChI=1S/C10H17N3O3/c1-2-9-11-12-10(16-9)6-13-3-4-15-8(5-13)7-14/h8,14H,2-7H2,1H3. The van der Waals surface area contributed by atoms with Crippen molar-refractivity contribution in [1.29, 1.82) is 0 Å². The summed E-state index contributed by atoms with van der Waals surface area (Å²) in [6.07, 6.45) is 0.664. The molecule has 0 aromatic carbocycles. The summed E-state index contributed by atoms with van der Waals surface area (Å²) in [5, 5.41) is 16.9. The van der Waals surface area contributed by atoms with Gasteiger partial charge in [0.05, 0.1) is 25.9 Å². The number of morpholine rings is 1. The lowest BCUT2D eigenvalue weighted by Crippen LogP contribution is -2.43. The average Bonchev–Trinajstić information content (AvgIpc) is 2.77. The van der Waals surface area contributed by atoms with Crippen LogP contribution in [0.25, 0.3) is 0 Å². The lowest BCUT2D eigenvalue weighted by molar-refractivity contribution is -0.0568. The number of aryl methyl sites for hydroxylation is 1. The Kier molecular flexibility index (Phi) is 3.87. The van der Waals surface area contributed by atoms with Crippen LogP contribution in [0.2, 0.25) is 0 Å². The van der Waals surface area contributed by atoms with Crippen LogP contribution in [0.5, 0.6) is 0 Å². The SMILES string of the molecule is CCc1nnc(CN2CCOC(CO)C2)o1. The largest absolute Gasteiger partial charge is 0.424 e. The highest BCUT2D eigenvalue weighted by atomic mass is 16.5. The Labute approximate surface area is 94.2 Å². The van der Waals surface area contributed by atoms with E-state index in [1.807, 2.05) is 6.92 Å². The van der Waals surface area contributed by atoms with E-state index in [-0.39, 0.29) is 12.7 Å². The molecular weight excluding hydrogens is 210 g/mol. The molecule has 1 aromatic heterocycles. The Morgan fingerprint density at radius 1 is 1.44 bits per heavy atom. The monoisotopic (exact) mass is 227 g/mol. The number of aliphatic hydroxyl groups excluding tert-OH is 1. The molecule has 1 unspecified atom stereocenters. The summed E-state index contributed by atoms with van der Waals surface area (Å²) in [6, 6.07) is 0. The van der Waals surface area contributed by atoms with Gasteiger partial charge in [-0.05, 0) is 0 Å². The van der Waals surface area contributed by atoms with E-state index in [9.17, 15) is 0 Å². The van der Waals surface area contributed by atoms with E-state index in [1.54, 1.807) is 0 Å². The third-order valence-electron chi connectivity index (χ3n) is 2.60. The van der Waals surface area contributed by atoms with Crippen molar-refractivity contribution >= 4 is 0 Å². The first-order valence-corrected chi connectivity index (χ1v) is 5.58. The second kappa shape index (κ2) is 5.38. The van der Waals surface area contributed by atoms with Crippen LogP contribution in [-0.4, -0.2) is 52.6 Å². The number of hydrogen-bond acceptors (Lipinski definition) is 6. The fraction of sp³-hybridized carbons (Fsp3) is 0.800. The van der Waals surface area contributed by atoms with Crippen LogP contribution in [-0.2, 0) is 17.7 Å². The van der Waals surface area contributed by atoms with Gasteiger partial charge in [-0.1, -0.05) is 6.92 Å². The zero-order valence-corrected chi connectivity index (χ0v) is 9.43. The maximum Gasteiger partial charge on any atom is 0.230 e. The number of rotatable bonds is 4. The highest BCUT2D eigenvalue weighted by molar-refractivity contribution is 4.83. The van der Waals surface area contributed by atoms with Crippen LogP contribution in [0.3, 0.4) is 0 Å². The van der Waals surface area contributed by atoms with Crippen molar-refractivity contribution in [3.8, 4) is 0 Å². The molecule has 16 heavy (non-hydrogen) atoms. The molecule has 0 aliphatic carbocycles. The lowest BCUT2D eigenvalue weighted by atomic mass is 10.3. The van der Waals surface area contributed by atoms with Crippen molar-refractivity contribution in [2.45, 2.75) is 26.0 Å². The Morgan fingerprint density at radius 3 is 2.94 bits per heavy atom. The van der Waals surface area contributed by atoms with Gasteiger partial charge >= 0.3 is 0 Å². The molecular formula is C10H17N3O3. The quantitative estimate of drug-likeness (QED) is 0.769. The summed E-state index contributed by atoms with van der Waals surface area (Å²) in [5.41, 5.74) is 0. The van der Waals surface area contributed by atoms with Crippen LogP contribution < -0.4 is 0 Å². The van der Waals surface area contributed by atoms with Gasteiger partial charge in [0, 0.05) is 19.5 Å². The molecule has 1 N–H and O–H groups in total. The van der Waals surface area contributed by atoms with Crippen LogP contribution in [0.15, 0.2) is 4.42 Å². The van der Waals surface area contributed by atoms with Crippen LogP contribution >= 0.6 is 0 Å². The zero-order valence-electron chi connectivity index (χ0n) is 9.43. The highest BCUT2D eigenvalue weighted by Crippen LogP contribution is 2.09. The van der Waals surface area contributed by atoms with Gasteiger partial charge in [0.15, 0.2) is 0 Å². The van der Waals surface area contributed by atoms with Gasteiger partial charge in [0.1, 0.15) is 0 Å². The van der Waals surface area contributed by atoms with Crippen LogP contribution in [0.4, 0.5) is 0 Å². The van der Waals surface area contributed by atoms with Crippen molar-refractivity contribution in [1.82, 2.24) is 15.1 Å². The molecule has 2 heterocycles. The summed E-state index contributed by atoms with van der Waals surface area (Å²) < 4.78 is 10.8. The molecule has 2 rings (SSSR count). The number of aliphatic hydroxyl groups is 1. The van der Waals surface area contributed by atoms with Gasteiger partial charge in [-0.15, -0.1) is 10.2 Å². The van der Waals surface area contributed by atoms with Crippen molar-refractivity contribution in [3.05, 3.63) is 11.8 Å². The normalized spacial score (nSPS) is 22.5. The topological polar surface area (TPSA) is 71.6 Å². The van der Waals surface area contributed by atoms with E-state index in [4.69, 9.17) is 14.3 Å². The van der Waals surface area contributed by atoms with Gasteiger partial charge < -0.3 is 14.3 Å². The van der Waals surface area contributed by atoms with Gasteiger partial charge in [-0.25, -0.2) is 0 Å². The average molecular weight is 227 g/mol. The summed E-state index contributed by atoms with van der Waals surface area (Å²) >= 11 is 0. The minimum absolute atomic E-state index is 0.0561. The minimum Gasteiger partial charge on any atom is -0.424 e. The molecule has 0 amide bonds. The number of ether oxygens (including phenoxy) is 1. The first-order chi connectivity index (χ1) is 7.81. The molecule has 6 nitrogen and oxygen atoms in total. The molecule has 0 saturated carbocycles. The van der Waals surface area contributed by atoms with Crippen LogP contribution in [0, 0.1) is 0 Å². The van der Waals surface area contributed by atoms with E-state index in [0.717, 1.165) is 13.0 Å². The molecule has 0 radical (unpaired) electrons. The predicted molar refractivity (Wildman–Crippen MR) is 55.8 cm³/mol. The Bertz CT molecular complexity index is 329. The first kappa shape index (κ1) is 11.5. The summed E-state index contributed by atoms with van der Waals surface area (Å²) in [7, 11) is 0. The number of hydrogen-bond donors (Lipinski definition) is 1. The van der Waals surface area contributed by atoms with E-state index in [0.29, 0.717) is 31.5 Å². The van der Waals surface area contributed by atoms with Gasteiger partial charge in [0.25, 0.3) is 0 Å². The highest BCUT2D eigenvalue weighted by Gasteiger charge is 2.21. The second-order valence-electron chi connectivity index (χ2n) is 3.85. The Morgan fingerprint density at radius 2 is 2.25 bits per heavy atom. The maximum absolute atomic E-state index is 9.01. The molecule has 1 fully saturated rings. The van der Waals surface area contributed by atoms with Crippen molar-refractivity contribution in [3.63, 3.8) is 0 Å². The van der Waals surface area contributed by atoms with E-state index in [1.165, 1.54) is 0 Å². The van der Waals surface area contributed by atoms with Crippen molar-refractivity contribution < 1.29 is 14.3 Å². The molecule has 6 heteroatoms. The van der Waals surface area contributed by atoms with Gasteiger partial charge in [-0.2, -0.15) is 0 Å². The van der Waals surface area contributed by atoms with Crippen LogP contribution in [0.1, 0.15) is 18.7 Å². The van der Waals surface area contributed by atoms with Gasteiger partial charge in [0.2, 0.25) is 11.8 Å². The molecule has 1 atom stereocenters. The minimum atomic E-state index is -0.0951. The third kappa shape index (κ3) is 2.78. The molecule has 1 saturated heterocycles. The molecule has 1 aliphatic heterocycles. The fourth-order valence-electron chi connectivity index (χ4n) is 1.72. The molecule has 90 valence electrons. The second-order valence-corrected chi connectivity index (χ2v) is 3.85. The van der Waals surface area contributed by atoms with E-state index < -0.39 is 0 Å². The lowest BCUT2D eigenvalue weighted by Gasteiger charge is -2.30. The Balaban J connectivity index is 1.88. The Hall–Kier alpha value is -0.980. The molecule has 1 aliphatic rings. The number of aromatic nitrogens is 2. The van der Waals surface area contributed by atoms with E-state index >= 15 is 0 Å². The maximum atomic E-state index is 9.01. The number of nitrogens with zero attached hydrogens (tertiary/aromatic N) is 3. The zero-order chi connectivity index (χ0) is 11.4. The molecule has 0 spiro atoms. The van der Waals surface area contributed by atoms with Crippen molar-refractivity contribution in [2.24, 2.45) is 0 Å². The summed E-state index contributed by atoms with van der Waals surface area (Å²) in [5.74, 6) is 1.30. The fourth-order valence-corrected chi connectivity index (χ4v) is 1.72. The summed E-state index contributed by atoms with van der Waals surface area (Å²) in [6.45, 7) is 4.85. The van der Waals surface area contributed by atoms with Crippen molar-refractivity contribution in [2.75, 3.05) is 26.3 Å². The molecule has 1 aromatic rings. The first-order valence-electron chi connectivity index (χ1n) is 5.58. The third-order valence-corrected chi connectivity index (χ3v) is 2.60. The smallest absolute Gasteiger partial charge is 0.230 e. The van der Waals surface area contributed by atoms with Gasteiger partial charge in [-0.3, -0.25) is 4.90 Å². The predicted octanol–water partition coefficient (Wildman–Crippen LogP) is -0.175. The van der Waals surface area contributed by atoms with E-state index in [2.05, 4.69) is 15.1 Å². The summed E-state index contributed by atoms with van der Waals surface area (Å²) in [4.78, 5) is 2.15.